The van der Waals surface area contributed by atoms with Gasteiger partial charge in [0.15, 0.2) is 5.78 Å². The number of hydrazone groups is 1. The third kappa shape index (κ3) is 8.52. The van der Waals surface area contributed by atoms with Gasteiger partial charge in [0, 0.05) is 95.8 Å². The number of amides is 1. The number of hydrogen-bond donors (Lipinski definition) is 3. The normalized spacial score (nSPS) is 33.6. The van der Waals surface area contributed by atoms with Crippen molar-refractivity contribution in [2.24, 2.45) is 28.8 Å². The van der Waals surface area contributed by atoms with Crippen LogP contribution in [0.2, 0.25) is 0 Å². The number of piperazine rings is 1. The highest BCUT2D eigenvalue weighted by Crippen LogP contribution is 2.49. The molecule has 1 aromatic rings. The second-order valence-corrected chi connectivity index (χ2v) is 17.4. The third-order valence-corrected chi connectivity index (χ3v) is 13.5. The number of aromatic hydroxyl groups is 1. The van der Waals surface area contributed by atoms with Crippen LogP contribution in [0.1, 0.15) is 85.1 Å². The molecular weight excluding hydrogens is 801 g/mol. The Balaban J connectivity index is 1.44. The number of rotatable bonds is 7. The number of Topliss-reactive ketones (excluding diaryl/α,β-unsaturated/α-hetero) is 3. The zero-order valence-electron chi connectivity index (χ0n) is 37.6. The van der Waals surface area contributed by atoms with Gasteiger partial charge < -0.3 is 44.0 Å². The molecule has 8 aliphatic rings. The average Bonchev–Trinajstić information content (AvgIpc) is 3.52. The summed E-state index contributed by atoms with van der Waals surface area (Å²) in [5.74, 6) is -6.86. The lowest BCUT2D eigenvalue weighted by molar-refractivity contribution is -0.251. The van der Waals surface area contributed by atoms with E-state index in [2.05, 4.69) is 15.3 Å². The summed E-state index contributed by atoms with van der Waals surface area (Å²) in [6, 6.07) is 0. The topological polar surface area (TPSA) is 195 Å². The number of allylic oxidation sites excluding steroid dienone is 4. The van der Waals surface area contributed by atoms with Crippen molar-refractivity contribution in [3.63, 3.8) is 0 Å². The Kier molecular flexibility index (Phi) is 14.0. The second-order valence-electron chi connectivity index (χ2n) is 17.4. The maximum Gasteiger partial charge on any atom is 0.312 e. The fourth-order valence-corrected chi connectivity index (χ4v) is 9.22. The molecule has 10 unspecified atom stereocenters. The number of carbonyl (C=O) groups is 4. The molecular formula is C46H62N4O12. The number of aliphatic hydroxyl groups excluding tert-OH is 1. The maximum atomic E-state index is 14.8. The largest absolute Gasteiger partial charge is 0.507 e. The van der Waals surface area contributed by atoms with Gasteiger partial charge in [-0.05, 0) is 26.8 Å². The van der Waals surface area contributed by atoms with E-state index >= 15 is 0 Å². The lowest BCUT2D eigenvalue weighted by Gasteiger charge is -2.54. The molecule has 16 nitrogen and oxygen atoms in total. The van der Waals surface area contributed by atoms with Crippen molar-refractivity contribution in [2.45, 2.75) is 91.2 Å². The summed E-state index contributed by atoms with van der Waals surface area (Å²) in [5.41, 5.74) is -2.22. The molecule has 1 aromatic carbocycles. The summed E-state index contributed by atoms with van der Waals surface area (Å²) < 4.78 is 35.6. The zero-order valence-corrected chi connectivity index (χ0v) is 37.6. The summed E-state index contributed by atoms with van der Waals surface area (Å²) in [7, 11) is 4.75. The van der Waals surface area contributed by atoms with Gasteiger partial charge in [-0.3, -0.25) is 29.1 Å². The van der Waals surface area contributed by atoms with E-state index in [9.17, 15) is 29.4 Å². The average molecular weight is 863 g/mol. The van der Waals surface area contributed by atoms with Crippen molar-refractivity contribution >= 4 is 29.5 Å². The number of ketones is 3. The second kappa shape index (κ2) is 18.6. The van der Waals surface area contributed by atoms with Gasteiger partial charge in [0.25, 0.3) is 11.7 Å². The lowest BCUT2D eigenvalue weighted by atomic mass is 9.70. The van der Waals surface area contributed by atoms with Gasteiger partial charge in [0.1, 0.15) is 17.2 Å². The van der Waals surface area contributed by atoms with E-state index in [1.54, 1.807) is 44.4 Å². The summed E-state index contributed by atoms with van der Waals surface area (Å²) in [6.07, 6.45) is 7.03. The van der Waals surface area contributed by atoms with Gasteiger partial charge in [0.05, 0.1) is 71.4 Å². The number of ether oxygens (including phenoxy) is 6. The number of benzene rings is 1. The van der Waals surface area contributed by atoms with E-state index in [1.807, 2.05) is 40.7 Å². The van der Waals surface area contributed by atoms with Crippen LogP contribution < -0.4 is 10.1 Å². The van der Waals surface area contributed by atoms with Crippen LogP contribution >= 0.6 is 0 Å². The molecule has 10 atom stereocenters. The predicted octanol–water partition coefficient (Wildman–Crippen LogP) is 4.13. The molecule has 9 rings (SSSR count). The standard InChI is InChI=1S/C46H62N4O12/c1-24-13-12-15-45(7)29(6)41(61-45)27(4)36(51)26(3)40(59-11)25(2)31(58-10)14-21-60-46(8)43(55)34-32-33(37(52)28(5)42(34)62-46)39(54)35(48-44(24)56)30(38(32)53)23-47-50-18-16-49(17-19-50)20-22-57-9/h12-15,21,23,25-27,29,31,36,40-41,51-52H,16-20,22H2,1-11H3,(H,48,56). The van der Waals surface area contributed by atoms with E-state index in [0.29, 0.717) is 32.8 Å². The first kappa shape index (κ1) is 46.8. The van der Waals surface area contributed by atoms with E-state index in [0.717, 1.165) is 6.54 Å². The van der Waals surface area contributed by atoms with Gasteiger partial charge in [-0.15, -0.1) is 0 Å². The smallest absolute Gasteiger partial charge is 0.312 e. The summed E-state index contributed by atoms with van der Waals surface area (Å²) in [6.45, 7) is 17.9. The van der Waals surface area contributed by atoms with Gasteiger partial charge in [0.2, 0.25) is 5.78 Å². The van der Waals surface area contributed by atoms with Crippen LogP contribution in [0.25, 0.3) is 0 Å². The van der Waals surface area contributed by atoms with Gasteiger partial charge in [-0.1, -0.05) is 45.9 Å². The molecule has 2 saturated heterocycles. The minimum absolute atomic E-state index is 0.0107. The van der Waals surface area contributed by atoms with Crippen LogP contribution in [-0.4, -0.2) is 146 Å². The summed E-state index contributed by atoms with van der Waals surface area (Å²) >= 11 is 0. The van der Waals surface area contributed by atoms with E-state index in [1.165, 1.54) is 33.4 Å². The molecule has 16 heteroatoms. The van der Waals surface area contributed by atoms with Crippen LogP contribution in [-0.2, 0) is 28.5 Å². The van der Waals surface area contributed by atoms with Crippen molar-refractivity contribution in [1.29, 1.82) is 0 Å². The number of phenolic OH excluding ortho intramolecular Hbond substituents is 1. The van der Waals surface area contributed by atoms with Crippen molar-refractivity contribution in [3.8, 4) is 11.5 Å². The molecule has 0 radical (unpaired) electrons. The lowest BCUT2D eigenvalue weighted by Crippen LogP contribution is -2.60. The van der Waals surface area contributed by atoms with Crippen LogP contribution in [0, 0.1) is 30.6 Å². The number of aliphatic hydroxyl groups is 1. The van der Waals surface area contributed by atoms with Crippen LogP contribution in [0.4, 0.5) is 0 Å². The van der Waals surface area contributed by atoms with Gasteiger partial charge in [-0.25, -0.2) is 0 Å². The van der Waals surface area contributed by atoms with Crippen molar-refractivity contribution in [1.82, 2.24) is 15.2 Å². The van der Waals surface area contributed by atoms with Gasteiger partial charge >= 0.3 is 5.79 Å². The number of hydrogen-bond acceptors (Lipinski definition) is 15. The number of carbonyl (C=O) groups excluding carboxylic acids is 4. The van der Waals surface area contributed by atoms with Gasteiger partial charge in [-0.2, -0.15) is 5.10 Å². The zero-order chi connectivity index (χ0) is 45.4. The monoisotopic (exact) mass is 862 g/mol. The Labute approximate surface area is 363 Å². The minimum atomic E-state index is -2.03. The first-order valence-corrected chi connectivity index (χ1v) is 21.2. The maximum absolute atomic E-state index is 14.8. The minimum Gasteiger partial charge on any atom is -0.507 e. The molecule has 62 heavy (non-hydrogen) atoms. The predicted molar refractivity (Wildman–Crippen MR) is 229 cm³/mol. The Bertz CT molecular complexity index is 2100. The fraction of sp³-hybridized carbons (Fsp3) is 0.587. The number of nitrogens with one attached hydrogen (secondary N) is 1. The molecule has 1 aliphatic carbocycles. The fourth-order valence-electron chi connectivity index (χ4n) is 9.22. The highest BCUT2D eigenvalue weighted by molar-refractivity contribution is 6.37. The Morgan fingerprint density at radius 2 is 1.63 bits per heavy atom. The molecule has 338 valence electrons. The summed E-state index contributed by atoms with van der Waals surface area (Å²) in [4.78, 5) is 59.9. The molecule has 1 amide bonds. The molecule has 0 saturated carbocycles. The third-order valence-electron chi connectivity index (χ3n) is 13.5. The molecule has 7 bridgehead atoms. The van der Waals surface area contributed by atoms with Crippen molar-refractivity contribution in [2.75, 3.05) is 60.7 Å². The molecule has 7 heterocycles. The van der Waals surface area contributed by atoms with E-state index in [4.69, 9.17) is 28.4 Å². The molecule has 2 fully saturated rings. The molecule has 7 aliphatic heterocycles. The molecule has 0 spiro atoms. The first-order chi connectivity index (χ1) is 29.3. The Hall–Kier alpha value is -4.71. The first-order valence-electron chi connectivity index (χ1n) is 21.2. The van der Waals surface area contributed by atoms with Crippen LogP contribution in [0.15, 0.2) is 52.5 Å². The molecule has 0 aromatic heterocycles. The highest BCUT2D eigenvalue weighted by Gasteiger charge is 2.54. The number of phenols is 1. The van der Waals surface area contributed by atoms with E-state index < -0.39 is 70.0 Å². The number of nitrogens with zero attached hydrogens (tertiary/aromatic N) is 3. The Morgan fingerprint density at radius 1 is 0.935 bits per heavy atom. The highest BCUT2D eigenvalue weighted by atomic mass is 16.7. The molecule has 3 N–H and O–H groups in total. The van der Waals surface area contributed by atoms with Crippen LogP contribution in [0.5, 0.6) is 11.5 Å². The Morgan fingerprint density at radius 3 is 2.26 bits per heavy atom. The number of methoxy groups -OCH3 is 3. The van der Waals surface area contributed by atoms with Crippen LogP contribution in [0.3, 0.4) is 0 Å². The quantitative estimate of drug-likeness (QED) is 0.331. The van der Waals surface area contributed by atoms with Crippen molar-refractivity contribution < 1.29 is 57.8 Å². The SMILES string of the molecule is COCCN1CCN(N=CC2=C3NC(=O)C(C)=CC=CC4(C)OC(C(C)C(O)C(C)C(OC)C(C)C(OC)C=COC5(C)Oc6c(C)c(O)c(c(c6C5=O)C2=O)C3=O)C4C)CC1. The van der Waals surface area contributed by atoms with E-state index in [-0.39, 0.29) is 63.4 Å². The van der Waals surface area contributed by atoms with Crippen molar-refractivity contribution in [3.05, 3.63) is 69.7 Å². The summed E-state index contributed by atoms with van der Waals surface area (Å²) in [5, 5.41) is 32.2.